The summed E-state index contributed by atoms with van der Waals surface area (Å²) < 4.78 is 7.29. The third-order valence-corrected chi connectivity index (χ3v) is 4.18. The van der Waals surface area contributed by atoms with Gasteiger partial charge in [0.05, 0.1) is 18.2 Å². The van der Waals surface area contributed by atoms with Gasteiger partial charge < -0.3 is 14.6 Å². The normalized spacial score (nSPS) is 16.2. The number of carbonyl (C=O) groups excluding carboxylic acids is 1. The Labute approximate surface area is 130 Å². The number of aromatic nitrogens is 2. The summed E-state index contributed by atoms with van der Waals surface area (Å²) in [6.45, 7) is 2.45. The highest BCUT2D eigenvalue weighted by molar-refractivity contribution is 5.78. The van der Waals surface area contributed by atoms with Crippen molar-refractivity contribution in [3.8, 4) is 11.3 Å². The van der Waals surface area contributed by atoms with Crippen LogP contribution in [0.5, 0.6) is 0 Å². The van der Waals surface area contributed by atoms with Crippen molar-refractivity contribution in [1.29, 1.82) is 0 Å². The number of ether oxygens (including phenoxy) is 1. The number of amides is 1. The Balaban J connectivity index is 0.000000134. The second-order valence-electron chi connectivity index (χ2n) is 5.56. The highest BCUT2D eigenvalue weighted by atomic mass is 16.5. The van der Waals surface area contributed by atoms with E-state index in [9.17, 15) is 4.79 Å². The fraction of sp³-hybridized carbons (Fsp3) is 0.412. The van der Waals surface area contributed by atoms with Gasteiger partial charge in [-0.15, -0.1) is 0 Å². The quantitative estimate of drug-likeness (QED) is 0.748. The number of carbonyl (C=O) groups is 1. The van der Waals surface area contributed by atoms with Gasteiger partial charge in [0, 0.05) is 38.3 Å². The van der Waals surface area contributed by atoms with Crippen LogP contribution >= 0.6 is 0 Å². The number of rotatable bonds is 1. The SMILES string of the molecule is CNC(=O)C1CCOCC1.c1ccc2c(c1)Cn1cncc1-2. The van der Waals surface area contributed by atoms with Gasteiger partial charge in [0.15, 0.2) is 0 Å². The Kier molecular flexibility index (Phi) is 4.53. The van der Waals surface area contributed by atoms with Crippen molar-refractivity contribution >= 4 is 5.91 Å². The highest BCUT2D eigenvalue weighted by Crippen LogP contribution is 2.30. The number of nitrogens with one attached hydrogen (secondary N) is 1. The number of hydrogen-bond donors (Lipinski definition) is 1. The molecule has 5 heteroatoms. The zero-order valence-corrected chi connectivity index (χ0v) is 12.8. The zero-order chi connectivity index (χ0) is 15.4. The molecule has 0 saturated carbocycles. The van der Waals surface area contributed by atoms with E-state index in [2.05, 4.69) is 39.1 Å². The summed E-state index contributed by atoms with van der Waals surface area (Å²) in [6, 6.07) is 8.47. The van der Waals surface area contributed by atoms with E-state index in [1.165, 1.54) is 16.8 Å². The molecular weight excluding hydrogens is 278 g/mol. The first-order valence-electron chi connectivity index (χ1n) is 7.67. The second kappa shape index (κ2) is 6.75. The zero-order valence-electron chi connectivity index (χ0n) is 12.8. The van der Waals surface area contributed by atoms with E-state index >= 15 is 0 Å². The van der Waals surface area contributed by atoms with E-state index in [4.69, 9.17) is 4.74 Å². The number of imidazole rings is 1. The number of benzene rings is 1. The smallest absolute Gasteiger partial charge is 0.223 e. The molecule has 1 aromatic heterocycles. The van der Waals surface area contributed by atoms with Crippen molar-refractivity contribution in [3.63, 3.8) is 0 Å². The Hall–Kier alpha value is -2.14. The summed E-state index contributed by atoms with van der Waals surface area (Å²) in [5.41, 5.74) is 3.97. The van der Waals surface area contributed by atoms with Crippen LogP contribution in [0.15, 0.2) is 36.8 Å². The van der Waals surface area contributed by atoms with E-state index in [1.54, 1.807) is 7.05 Å². The van der Waals surface area contributed by atoms with Crippen LogP contribution in [0.25, 0.3) is 11.3 Å². The van der Waals surface area contributed by atoms with Crippen LogP contribution in [0.4, 0.5) is 0 Å². The molecular formula is C17H21N3O2. The van der Waals surface area contributed by atoms with Crippen LogP contribution in [0, 0.1) is 5.92 Å². The topological polar surface area (TPSA) is 56.1 Å². The van der Waals surface area contributed by atoms with E-state index < -0.39 is 0 Å². The summed E-state index contributed by atoms with van der Waals surface area (Å²) in [7, 11) is 1.68. The first-order valence-corrected chi connectivity index (χ1v) is 7.67. The molecule has 22 heavy (non-hydrogen) atoms. The van der Waals surface area contributed by atoms with Crippen molar-refractivity contribution in [1.82, 2.24) is 14.9 Å². The number of fused-ring (bicyclic) bond motifs is 3. The minimum absolute atomic E-state index is 0.156. The molecule has 0 unspecified atom stereocenters. The lowest BCUT2D eigenvalue weighted by atomic mass is 10.00. The summed E-state index contributed by atoms with van der Waals surface area (Å²) in [4.78, 5) is 15.1. The molecule has 5 nitrogen and oxygen atoms in total. The van der Waals surface area contributed by atoms with Gasteiger partial charge in [0.2, 0.25) is 5.91 Å². The summed E-state index contributed by atoms with van der Waals surface area (Å²) in [6.07, 6.45) is 5.56. The van der Waals surface area contributed by atoms with Gasteiger partial charge in [-0.1, -0.05) is 24.3 Å². The van der Waals surface area contributed by atoms with Crippen LogP contribution in [-0.2, 0) is 16.1 Å². The number of nitrogens with zero attached hydrogens (tertiary/aromatic N) is 2. The first kappa shape index (κ1) is 14.8. The molecule has 1 aromatic carbocycles. The van der Waals surface area contributed by atoms with Gasteiger partial charge in [-0.2, -0.15) is 0 Å². The molecule has 4 rings (SSSR count). The van der Waals surface area contributed by atoms with Crippen molar-refractivity contribution in [2.45, 2.75) is 19.4 Å². The highest BCUT2D eigenvalue weighted by Gasteiger charge is 2.19. The Bertz CT molecular complexity index is 645. The molecule has 2 aliphatic rings. The van der Waals surface area contributed by atoms with Crippen molar-refractivity contribution in [2.24, 2.45) is 5.92 Å². The summed E-state index contributed by atoms with van der Waals surface area (Å²) >= 11 is 0. The molecule has 3 heterocycles. The third kappa shape index (κ3) is 3.04. The van der Waals surface area contributed by atoms with Gasteiger partial charge in [0.1, 0.15) is 0 Å². The van der Waals surface area contributed by atoms with Gasteiger partial charge >= 0.3 is 0 Å². The largest absolute Gasteiger partial charge is 0.381 e. The fourth-order valence-electron chi connectivity index (χ4n) is 2.93. The molecule has 0 spiro atoms. The average molecular weight is 299 g/mol. The second-order valence-corrected chi connectivity index (χ2v) is 5.56. The lowest BCUT2D eigenvalue weighted by Crippen LogP contribution is -2.31. The third-order valence-electron chi connectivity index (χ3n) is 4.18. The predicted molar refractivity (Wildman–Crippen MR) is 84.4 cm³/mol. The molecule has 0 bridgehead atoms. The van der Waals surface area contributed by atoms with E-state index in [-0.39, 0.29) is 11.8 Å². The molecule has 1 amide bonds. The lowest BCUT2D eigenvalue weighted by Gasteiger charge is -2.19. The number of hydrogen-bond acceptors (Lipinski definition) is 3. The van der Waals surface area contributed by atoms with Crippen LogP contribution in [0.3, 0.4) is 0 Å². The molecule has 0 atom stereocenters. The van der Waals surface area contributed by atoms with Gasteiger partial charge in [-0.3, -0.25) is 4.79 Å². The maximum Gasteiger partial charge on any atom is 0.223 e. The van der Waals surface area contributed by atoms with Crippen LogP contribution < -0.4 is 5.32 Å². The van der Waals surface area contributed by atoms with Gasteiger partial charge in [-0.25, -0.2) is 4.98 Å². The minimum atomic E-state index is 0.156. The molecule has 2 aromatic rings. The predicted octanol–water partition coefficient (Wildman–Crippen LogP) is 2.07. The van der Waals surface area contributed by atoms with E-state index in [1.807, 2.05) is 12.5 Å². The molecule has 116 valence electrons. The van der Waals surface area contributed by atoms with E-state index in [0.717, 1.165) is 32.6 Å². The Morgan fingerprint density at radius 1 is 1.32 bits per heavy atom. The summed E-state index contributed by atoms with van der Waals surface area (Å²) in [5, 5.41) is 2.64. The standard InChI is InChI=1S/C10H8N2.C7H13NO2/c1-2-4-9-8(3-1)6-12-7-11-5-10(9)12;1-8-7(9)6-2-4-10-5-3-6/h1-5,7H,6H2;6H,2-5H2,1H3,(H,8,9). The Morgan fingerprint density at radius 2 is 2.09 bits per heavy atom. The van der Waals surface area contributed by atoms with Crippen LogP contribution in [0.1, 0.15) is 18.4 Å². The van der Waals surface area contributed by atoms with Crippen molar-refractivity contribution in [3.05, 3.63) is 42.4 Å². The molecule has 1 fully saturated rings. The monoisotopic (exact) mass is 299 g/mol. The maximum absolute atomic E-state index is 11.0. The summed E-state index contributed by atoms with van der Waals surface area (Å²) in [5.74, 6) is 0.349. The van der Waals surface area contributed by atoms with Crippen molar-refractivity contribution in [2.75, 3.05) is 20.3 Å². The molecule has 2 aliphatic heterocycles. The molecule has 0 aliphatic carbocycles. The van der Waals surface area contributed by atoms with Crippen LogP contribution in [-0.4, -0.2) is 35.7 Å². The molecule has 0 radical (unpaired) electrons. The van der Waals surface area contributed by atoms with Gasteiger partial charge in [0.25, 0.3) is 0 Å². The molecule has 1 saturated heterocycles. The lowest BCUT2D eigenvalue weighted by molar-refractivity contribution is -0.127. The van der Waals surface area contributed by atoms with Crippen molar-refractivity contribution < 1.29 is 9.53 Å². The minimum Gasteiger partial charge on any atom is -0.381 e. The molecule has 1 N–H and O–H groups in total. The van der Waals surface area contributed by atoms with Crippen LogP contribution in [0.2, 0.25) is 0 Å². The first-order chi connectivity index (χ1) is 10.8. The van der Waals surface area contributed by atoms with Gasteiger partial charge in [-0.05, 0) is 18.4 Å². The van der Waals surface area contributed by atoms with E-state index in [0.29, 0.717) is 0 Å². The Morgan fingerprint density at radius 3 is 2.86 bits per heavy atom. The maximum atomic E-state index is 11.0. The fourth-order valence-corrected chi connectivity index (χ4v) is 2.93. The average Bonchev–Trinajstić information content (AvgIpc) is 3.16.